The quantitative estimate of drug-likeness (QED) is 0.862. The Morgan fingerprint density at radius 1 is 1.19 bits per heavy atom. The van der Waals surface area contributed by atoms with E-state index in [4.69, 9.17) is 28.9 Å². The van der Waals surface area contributed by atoms with Gasteiger partial charge in [-0.15, -0.1) is 0 Å². The molecule has 0 aromatic heterocycles. The van der Waals surface area contributed by atoms with Crippen LogP contribution in [-0.4, -0.2) is 6.54 Å². The maximum absolute atomic E-state index is 6.05. The van der Waals surface area contributed by atoms with Gasteiger partial charge in [0, 0.05) is 0 Å². The van der Waals surface area contributed by atoms with Crippen LogP contribution < -0.4 is 5.73 Å². The topological polar surface area (TPSA) is 26.0 Å². The second-order valence-electron chi connectivity index (χ2n) is 4.56. The van der Waals surface area contributed by atoms with E-state index in [1.165, 1.54) is 31.2 Å². The van der Waals surface area contributed by atoms with Crippen molar-refractivity contribution < 1.29 is 0 Å². The van der Waals surface area contributed by atoms with Crippen molar-refractivity contribution in [3.8, 4) is 0 Å². The normalized spacial score (nSPS) is 18.9. The smallest absolute Gasteiger partial charge is 0.0595 e. The zero-order valence-corrected chi connectivity index (χ0v) is 10.8. The third kappa shape index (κ3) is 2.53. The summed E-state index contributed by atoms with van der Waals surface area (Å²) in [5.41, 5.74) is 7.14. The van der Waals surface area contributed by atoms with Crippen molar-refractivity contribution in [1.82, 2.24) is 0 Å². The maximum Gasteiger partial charge on any atom is 0.0595 e. The van der Waals surface area contributed by atoms with E-state index < -0.39 is 0 Å². The summed E-state index contributed by atoms with van der Waals surface area (Å²) < 4.78 is 0. The van der Waals surface area contributed by atoms with Gasteiger partial charge in [0.05, 0.1) is 10.0 Å². The van der Waals surface area contributed by atoms with Crippen molar-refractivity contribution in [2.45, 2.75) is 31.6 Å². The van der Waals surface area contributed by atoms with Crippen molar-refractivity contribution in [2.75, 3.05) is 6.54 Å². The molecular weight excluding hydrogens is 241 g/mol. The van der Waals surface area contributed by atoms with Gasteiger partial charge in [-0.25, -0.2) is 0 Å². The van der Waals surface area contributed by atoms with Gasteiger partial charge in [-0.2, -0.15) is 0 Å². The molecule has 1 unspecified atom stereocenters. The first-order valence-corrected chi connectivity index (χ1v) is 6.63. The third-order valence-electron chi connectivity index (χ3n) is 3.59. The standard InChI is InChI=1S/C13H17Cl2N/c14-12-6-5-10(7-13(12)15)11(8-16)9-3-1-2-4-9/h5-7,9,11H,1-4,8,16H2. The summed E-state index contributed by atoms with van der Waals surface area (Å²) in [6, 6.07) is 5.90. The molecule has 0 spiro atoms. The largest absolute Gasteiger partial charge is 0.330 e. The first kappa shape index (κ1) is 12.2. The molecule has 3 heteroatoms. The molecule has 0 aliphatic heterocycles. The van der Waals surface area contributed by atoms with Crippen LogP contribution in [0.4, 0.5) is 0 Å². The predicted octanol–water partition coefficient (Wildman–Crippen LogP) is 4.23. The average molecular weight is 258 g/mol. The molecule has 0 bridgehead atoms. The van der Waals surface area contributed by atoms with Crippen LogP contribution in [0.25, 0.3) is 0 Å². The molecule has 1 aromatic carbocycles. The van der Waals surface area contributed by atoms with Crippen LogP contribution in [-0.2, 0) is 0 Å². The fourth-order valence-corrected chi connectivity index (χ4v) is 3.01. The average Bonchev–Trinajstić information content (AvgIpc) is 2.78. The van der Waals surface area contributed by atoms with Crippen molar-refractivity contribution in [1.29, 1.82) is 0 Å². The molecular formula is C13H17Cl2N. The van der Waals surface area contributed by atoms with Crippen LogP contribution in [0.2, 0.25) is 10.0 Å². The Hall–Kier alpha value is -0.240. The van der Waals surface area contributed by atoms with Crippen molar-refractivity contribution in [3.63, 3.8) is 0 Å². The molecule has 0 saturated heterocycles. The van der Waals surface area contributed by atoms with Gasteiger partial charge in [-0.3, -0.25) is 0 Å². The van der Waals surface area contributed by atoms with E-state index in [-0.39, 0.29) is 0 Å². The highest BCUT2D eigenvalue weighted by Gasteiger charge is 2.25. The monoisotopic (exact) mass is 257 g/mol. The van der Waals surface area contributed by atoms with Crippen LogP contribution in [0.5, 0.6) is 0 Å². The van der Waals surface area contributed by atoms with Gasteiger partial charge in [0.2, 0.25) is 0 Å². The van der Waals surface area contributed by atoms with Crippen LogP contribution in [0.1, 0.15) is 37.2 Å². The van der Waals surface area contributed by atoms with E-state index in [0.717, 1.165) is 5.92 Å². The summed E-state index contributed by atoms with van der Waals surface area (Å²) in [5, 5.41) is 1.25. The number of benzene rings is 1. The van der Waals surface area contributed by atoms with E-state index in [1.807, 2.05) is 12.1 Å². The molecule has 1 fully saturated rings. The lowest BCUT2D eigenvalue weighted by Crippen LogP contribution is -2.19. The van der Waals surface area contributed by atoms with E-state index in [9.17, 15) is 0 Å². The molecule has 1 aliphatic rings. The lowest BCUT2D eigenvalue weighted by molar-refractivity contribution is 0.440. The number of nitrogens with two attached hydrogens (primary N) is 1. The van der Waals surface area contributed by atoms with Crippen molar-refractivity contribution in [3.05, 3.63) is 33.8 Å². The Morgan fingerprint density at radius 2 is 1.88 bits per heavy atom. The van der Waals surface area contributed by atoms with Crippen LogP contribution >= 0.6 is 23.2 Å². The highest BCUT2D eigenvalue weighted by molar-refractivity contribution is 6.42. The number of rotatable bonds is 3. The number of halogens is 2. The lowest BCUT2D eigenvalue weighted by atomic mass is 9.85. The molecule has 0 heterocycles. The zero-order valence-electron chi connectivity index (χ0n) is 9.26. The zero-order chi connectivity index (χ0) is 11.5. The SMILES string of the molecule is NCC(c1ccc(Cl)c(Cl)c1)C1CCCC1. The molecule has 1 saturated carbocycles. The van der Waals surface area contributed by atoms with Crippen LogP contribution in [0, 0.1) is 5.92 Å². The van der Waals surface area contributed by atoms with Crippen LogP contribution in [0.3, 0.4) is 0 Å². The Balaban J connectivity index is 2.22. The van der Waals surface area contributed by atoms with E-state index in [1.54, 1.807) is 0 Å². The van der Waals surface area contributed by atoms with Crippen molar-refractivity contribution in [2.24, 2.45) is 11.7 Å². The molecule has 2 rings (SSSR count). The van der Waals surface area contributed by atoms with Gasteiger partial charge < -0.3 is 5.73 Å². The summed E-state index contributed by atoms with van der Waals surface area (Å²) in [6.07, 6.45) is 5.26. The van der Waals surface area contributed by atoms with Gasteiger partial charge in [0.25, 0.3) is 0 Å². The van der Waals surface area contributed by atoms with Gasteiger partial charge in [-0.05, 0) is 48.9 Å². The first-order valence-electron chi connectivity index (χ1n) is 5.87. The van der Waals surface area contributed by atoms with E-state index >= 15 is 0 Å². The summed E-state index contributed by atoms with van der Waals surface area (Å²) in [4.78, 5) is 0. The Kier molecular flexibility index (Phi) is 4.12. The minimum atomic E-state index is 0.442. The molecule has 88 valence electrons. The lowest BCUT2D eigenvalue weighted by Gasteiger charge is -2.22. The fourth-order valence-electron chi connectivity index (χ4n) is 2.70. The minimum Gasteiger partial charge on any atom is -0.330 e. The van der Waals surface area contributed by atoms with E-state index in [2.05, 4.69) is 6.07 Å². The molecule has 0 radical (unpaired) electrons. The third-order valence-corrected chi connectivity index (χ3v) is 4.33. The molecule has 1 aliphatic carbocycles. The van der Waals surface area contributed by atoms with Crippen LogP contribution in [0.15, 0.2) is 18.2 Å². The van der Waals surface area contributed by atoms with Gasteiger partial charge in [0.1, 0.15) is 0 Å². The highest BCUT2D eigenvalue weighted by atomic mass is 35.5. The molecule has 1 nitrogen and oxygen atoms in total. The van der Waals surface area contributed by atoms with Crippen molar-refractivity contribution >= 4 is 23.2 Å². The van der Waals surface area contributed by atoms with Gasteiger partial charge >= 0.3 is 0 Å². The number of hydrogen-bond donors (Lipinski definition) is 1. The molecule has 0 amide bonds. The molecule has 1 atom stereocenters. The summed E-state index contributed by atoms with van der Waals surface area (Å²) in [6.45, 7) is 0.697. The minimum absolute atomic E-state index is 0.442. The highest BCUT2D eigenvalue weighted by Crippen LogP contribution is 2.38. The summed E-state index contributed by atoms with van der Waals surface area (Å²) in [7, 11) is 0. The fraction of sp³-hybridized carbons (Fsp3) is 0.538. The van der Waals surface area contributed by atoms with Gasteiger partial charge in [-0.1, -0.05) is 42.1 Å². The molecule has 1 aromatic rings. The predicted molar refractivity (Wildman–Crippen MR) is 70.2 cm³/mol. The summed E-state index contributed by atoms with van der Waals surface area (Å²) in [5.74, 6) is 1.17. The molecule has 16 heavy (non-hydrogen) atoms. The second kappa shape index (κ2) is 5.39. The Labute approximate surface area is 107 Å². The summed E-state index contributed by atoms with van der Waals surface area (Å²) >= 11 is 12.0. The second-order valence-corrected chi connectivity index (χ2v) is 5.37. The Bertz CT molecular complexity index is 359. The maximum atomic E-state index is 6.05. The molecule has 2 N–H and O–H groups in total. The Morgan fingerprint density at radius 3 is 2.44 bits per heavy atom. The van der Waals surface area contributed by atoms with E-state index in [0.29, 0.717) is 22.5 Å². The first-order chi connectivity index (χ1) is 7.72. The van der Waals surface area contributed by atoms with Gasteiger partial charge in [0.15, 0.2) is 0 Å². The number of hydrogen-bond acceptors (Lipinski definition) is 1.